The van der Waals surface area contributed by atoms with Crippen molar-refractivity contribution >= 4 is 5.91 Å². The van der Waals surface area contributed by atoms with Crippen LogP contribution in [-0.2, 0) is 11.3 Å². The highest BCUT2D eigenvalue weighted by molar-refractivity contribution is 5.82. The van der Waals surface area contributed by atoms with Crippen LogP contribution in [0.4, 0.5) is 0 Å². The summed E-state index contributed by atoms with van der Waals surface area (Å²) in [6, 6.07) is 5.29. The number of rotatable bonds is 4. The van der Waals surface area contributed by atoms with Gasteiger partial charge in [-0.25, -0.2) is 9.67 Å². The van der Waals surface area contributed by atoms with Gasteiger partial charge >= 0.3 is 0 Å². The van der Waals surface area contributed by atoms with Crippen molar-refractivity contribution in [3.8, 4) is 5.82 Å². The summed E-state index contributed by atoms with van der Waals surface area (Å²) in [4.78, 5) is 16.4. The number of hydrogen-bond donors (Lipinski definition) is 2. The molecule has 2 heterocycles. The zero-order valence-electron chi connectivity index (χ0n) is 14.4. The first kappa shape index (κ1) is 17.1. The van der Waals surface area contributed by atoms with E-state index >= 15 is 0 Å². The van der Waals surface area contributed by atoms with Crippen LogP contribution >= 0.6 is 0 Å². The van der Waals surface area contributed by atoms with Crippen LogP contribution in [0.1, 0.15) is 37.7 Å². The van der Waals surface area contributed by atoms with Crippen molar-refractivity contribution in [1.82, 2.24) is 20.1 Å². The highest BCUT2D eigenvalue weighted by Gasteiger charge is 2.27. The molecule has 6 heteroatoms. The van der Waals surface area contributed by atoms with E-state index in [1.807, 2.05) is 52.8 Å². The third-order valence-electron chi connectivity index (χ3n) is 3.72. The van der Waals surface area contributed by atoms with Gasteiger partial charge < -0.3 is 11.1 Å². The number of carbonyl (C=O) groups excluding carboxylic acids is 1. The number of carbonyl (C=O) groups is 1. The molecule has 0 aromatic carbocycles. The normalized spacial score (nSPS) is 13.0. The molecule has 0 fully saturated rings. The molecule has 0 aliphatic heterocycles. The molecule has 0 unspecified atom stereocenters. The lowest BCUT2D eigenvalue weighted by molar-refractivity contribution is -0.124. The predicted molar refractivity (Wildman–Crippen MR) is 90.1 cm³/mol. The van der Waals surface area contributed by atoms with Crippen LogP contribution in [0.2, 0.25) is 0 Å². The SMILES string of the molecule is Cc1cc(C)n(-c2ccc(CNC(=O)[C@@H](N)C(C)(C)C)cn2)n1. The smallest absolute Gasteiger partial charge is 0.237 e. The van der Waals surface area contributed by atoms with E-state index in [1.54, 1.807) is 10.9 Å². The summed E-state index contributed by atoms with van der Waals surface area (Å²) in [5, 5.41) is 7.26. The highest BCUT2D eigenvalue weighted by Crippen LogP contribution is 2.17. The molecular formula is C17H25N5O. The lowest BCUT2D eigenvalue weighted by Gasteiger charge is -2.25. The molecule has 0 spiro atoms. The molecule has 0 aliphatic rings. The maximum Gasteiger partial charge on any atom is 0.237 e. The molecule has 23 heavy (non-hydrogen) atoms. The van der Waals surface area contributed by atoms with Gasteiger partial charge in [-0.15, -0.1) is 0 Å². The van der Waals surface area contributed by atoms with Crippen molar-refractivity contribution in [3.63, 3.8) is 0 Å². The van der Waals surface area contributed by atoms with Crippen molar-refractivity contribution in [1.29, 1.82) is 0 Å². The van der Waals surface area contributed by atoms with Crippen LogP contribution in [0, 0.1) is 19.3 Å². The van der Waals surface area contributed by atoms with E-state index in [2.05, 4.69) is 15.4 Å². The van der Waals surface area contributed by atoms with Gasteiger partial charge in [-0.1, -0.05) is 26.8 Å². The van der Waals surface area contributed by atoms with Gasteiger partial charge in [-0.2, -0.15) is 5.10 Å². The second kappa shape index (κ2) is 6.50. The van der Waals surface area contributed by atoms with Gasteiger partial charge in [0.25, 0.3) is 0 Å². The van der Waals surface area contributed by atoms with Crippen molar-refractivity contribution in [2.45, 2.75) is 47.2 Å². The monoisotopic (exact) mass is 315 g/mol. The van der Waals surface area contributed by atoms with E-state index in [1.165, 1.54) is 0 Å². The van der Waals surface area contributed by atoms with E-state index in [4.69, 9.17) is 5.73 Å². The fourth-order valence-corrected chi connectivity index (χ4v) is 2.20. The maximum absolute atomic E-state index is 12.0. The van der Waals surface area contributed by atoms with Crippen molar-refractivity contribution < 1.29 is 4.79 Å². The van der Waals surface area contributed by atoms with E-state index in [9.17, 15) is 4.79 Å². The third kappa shape index (κ3) is 4.16. The Balaban J connectivity index is 2.01. The number of nitrogens with zero attached hydrogens (tertiary/aromatic N) is 3. The fraction of sp³-hybridized carbons (Fsp3) is 0.471. The molecule has 0 bridgehead atoms. The van der Waals surface area contributed by atoms with Crippen LogP contribution < -0.4 is 11.1 Å². The minimum absolute atomic E-state index is 0.153. The second-order valence-electron chi connectivity index (χ2n) is 6.93. The Kier molecular flexibility index (Phi) is 4.85. The number of amides is 1. The van der Waals surface area contributed by atoms with Gasteiger partial charge in [0.15, 0.2) is 5.82 Å². The molecule has 0 radical (unpaired) electrons. The number of pyridine rings is 1. The standard InChI is InChI=1S/C17H25N5O/c1-11-8-12(2)22(21-11)14-7-6-13(9-19-14)10-20-16(23)15(18)17(3,4)5/h6-9,15H,10,18H2,1-5H3,(H,20,23)/t15-/m1/s1. The number of aryl methyl sites for hydroxylation is 2. The largest absolute Gasteiger partial charge is 0.351 e. The molecule has 124 valence electrons. The molecular weight excluding hydrogens is 290 g/mol. The lowest BCUT2D eigenvalue weighted by Crippen LogP contribution is -2.48. The van der Waals surface area contributed by atoms with Gasteiger partial charge in [0.05, 0.1) is 11.7 Å². The summed E-state index contributed by atoms with van der Waals surface area (Å²) in [7, 11) is 0. The zero-order valence-corrected chi connectivity index (χ0v) is 14.4. The second-order valence-corrected chi connectivity index (χ2v) is 6.93. The molecule has 1 atom stereocenters. The van der Waals surface area contributed by atoms with E-state index in [0.29, 0.717) is 6.54 Å². The van der Waals surface area contributed by atoms with Crippen LogP contribution in [-0.4, -0.2) is 26.7 Å². The Hall–Kier alpha value is -2.21. The first-order valence-corrected chi connectivity index (χ1v) is 7.70. The Morgan fingerprint density at radius 1 is 1.35 bits per heavy atom. The van der Waals surface area contributed by atoms with E-state index < -0.39 is 6.04 Å². The quantitative estimate of drug-likeness (QED) is 0.902. The molecule has 1 amide bonds. The van der Waals surface area contributed by atoms with Crippen molar-refractivity contribution in [2.24, 2.45) is 11.1 Å². The Bertz CT molecular complexity index is 682. The van der Waals surface area contributed by atoms with E-state index in [-0.39, 0.29) is 11.3 Å². The summed E-state index contributed by atoms with van der Waals surface area (Å²) in [6.07, 6.45) is 1.74. The minimum Gasteiger partial charge on any atom is -0.351 e. The number of hydrogen-bond acceptors (Lipinski definition) is 4. The predicted octanol–water partition coefficient (Wildman–Crippen LogP) is 1.87. The summed E-state index contributed by atoms with van der Waals surface area (Å²) in [6.45, 7) is 10.2. The molecule has 2 rings (SSSR count). The van der Waals surface area contributed by atoms with Crippen LogP contribution in [0.3, 0.4) is 0 Å². The summed E-state index contributed by atoms with van der Waals surface area (Å²) in [5.41, 5.74) is 8.59. The topological polar surface area (TPSA) is 85.8 Å². The van der Waals surface area contributed by atoms with Gasteiger partial charge in [0, 0.05) is 18.4 Å². The van der Waals surface area contributed by atoms with E-state index in [0.717, 1.165) is 22.8 Å². The van der Waals surface area contributed by atoms with Crippen LogP contribution in [0.5, 0.6) is 0 Å². The van der Waals surface area contributed by atoms with Gasteiger partial charge in [-0.05, 0) is 37.0 Å². The van der Waals surface area contributed by atoms with Crippen molar-refractivity contribution in [3.05, 3.63) is 41.3 Å². The Labute approximate surface area is 137 Å². The summed E-state index contributed by atoms with van der Waals surface area (Å²) < 4.78 is 1.80. The van der Waals surface area contributed by atoms with Crippen LogP contribution in [0.25, 0.3) is 5.82 Å². The van der Waals surface area contributed by atoms with Crippen molar-refractivity contribution in [2.75, 3.05) is 0 Å². The lowest BCUT2D eigenvalue weighted by atomic mass is 9.87. The first-order valence-electron chi connectivity index (χ1n) is 7.70. The van der Waals surface area contributed by atoms with Gasteiger partial charge in [0.1, 0.15) is 0 Å². The number of aromatic nitrogens is 3. The highest BCUT2D eigenvalue weighted by atomic mass is 16.2. The molecule has 2 aromatic rings. The number of nitrogens with one attached hydrogen (secondary N) is 1. The first-order chi connectivity index (χ1) is 10.7. The Morgan fingerprint density at radius 3 is 2.52 bits per heavy atom. The fourth-order valence-electron chi connectivity index (χ4n) is 2.20. The number of nitrogens with two attached hydrogens (primary N) is 1. The summed E-state index contributed by atoms with van der Waals surface area (Å²) >= 11 is 0. The zero-order chi connectivity index (χ0) is 17.2. The summed E-state index contributed by atoms with van der Waals surface area (Å²) in [5.74, 6) is 0.609. The average molecular weight is 315 g/mol. The molecule has 0 saturated heterocycles. The third-order valence-corrected chi connectivity index (χ3v) is 3.72. The molecule has 2 aromatic heterocycles. The van der Waals surface area contributed by atoms with Gasteiger partial charge in [-0.3, -0.25) is 4.79 Å². The molecule has 0 saturated carbocycles. The van der Waals surface area contributed by atoms with Gasteiger partial charge in [0.2, 0.25) is 5.91 Å². The average Bonchev–Trinajstić information content (AvgIpc) is 2.82. The Morgan fingerprint density at radius 2 is 2.04 bits per heavy atom. The molecule has 3 N–H and O–H groups in total. The van der Waals surface area contributed by atoms with Crippen LogP contribution in [0.15, 0.2) is 24.4 Å². The molecule has 0 aliphatic carbocycles. The minimum atomic E-state index is -0.538. The molecule has 6 nitrogen and oxygen atoms in total. The maximum atomic E-state index is 12.0.